The molecule has 138 valence electrons. The lowest BCUT2D eigenvalue weighted by Gasteiger charge is -2.13. The van der Waals surface area contributed by atoms with Crippen molar-refractivity contribution in [3.63, 3.8) is 0 Å². The summed E-state index contributed by atoms with van der Waals surface area (Å²) in [5.74, 6) is -0.212. The first-order valence-electron chi connectivity index (χ1n) is 7.76. The van der Waals surface area contributed by atoms with Crippen molar-refractivity contribution in [2.75, 3.05) is 12.4 Å². The van der Waals surface area contributed by atoms with Crippen molar-refractivity contribution in [2.45, 2.75) is 0 Å². The van der Waals surface area contributed by atoms with Crippen LogP contribution in [-0.2, 0) is 0 Å². The van der Waals surface area contributed by atoms with E-state index in [1.165, 1.54) is 19.2 Å². The molecule has 0 unspecified atom stereocenters. The van der Waals surface area contributed by atoms with E-state index in [9.17, 15) is 9.90 Å². The predicted octanol–water partition coefficient (Wildman–Crippen LogP) is 4.99. The van der Waals surface area contributed by atoms with Gasteiger partial charge in [0.15, 0.2) is 10.9 Å². The van der Waals surface area contributed by atoms with Gasteiger partial charge < -0.3 is 15.2 Å². The Labute approximate surface area is 170 Å². The van der Waals surface area contributed by atoms with Gasteiger partial charge in [-0.15, -0.1) is 0 Å². The lowest BCUT2D eigenvalue weighted by atomic mass is 10.1. The number of rotatable bonds is 3. The molecule has 3 rings (SSSR count). The van der Waals surface area contributed by atoms with E-state index in [1.807, 2.05) is 24.3 Å². The molecule has 27 heavy (non-hydrogen) atoms. The first-order chi connectivity index (χ1) is 12.9. The van der Waals surface area contributed by atoms with Crippen molar-refractivity contribution in [3.05, 3.63) is 64.1 Å². The van der Waals surface area contributed by atoms with Gasteiger partial charge >= 0.3 is 0 Å². The molecule has 0 spiro atoms. The monoisotopic (exact) mass is 420 g/mol. The number of phenols is 1. The number of carbonyl (C=O) groups is 1. The molecule has 8 heteroatoms. The smallest absolute Gasteiger partial charge is 0.261 e. The predicted molar refractivity (Wildman–Crippen MR) is 112 cm³/mol. The molecule has 0 saturated carbocycles. The zero-order chi connectivity index (χ0) is 19.6. The Morgan fingerprint density at radius 2 is 1.67 bits per heavy atom. The molecule has 3 N–H and O–H groups in total. The van der Waals surface area contributed by atoms with Crippen molar-refractivity contribution in [1.82, 2.24) is 5.32 Å². The average Bonchev–Trinajstić information content (AvgIpc) is 2.64. The summed E-state index contributed by atoms with van der Waals surface area (Å²) in [5.41, 5.74) is 0.778. The lowest BCUT2D eigenvalue weighted by Crippen LogP contribution is -2.34. The van der Waals surface area contributed by atoms with Crippen LogP contribution in [0.3, 0.4) is 0 Å². The Kier molecular flexibility index (Phi) is 5.70. The maximum absolute atomic E-state index is 12.6. The molecular formula is C19H14Cl2N2O3S. The number of hydrogen-bond donors (Lipinski definition) is 3. The molecular weight excluding hydrogens is 407 g/mol. The fraction of sp³-hybridized carbons (Fsp3) is 0.0526. The van der Waals surface area contributed by atoms with Gasteiger partial charge in [-0.05, 0) is 47.3 Å². The first kappa shape index (κ1) is 19.2. The molecule has 0 heterocycles. The summed E-state index contributed by atoms with van der Waals surface area (Å²) in [6.45, 7) is 0. The normalized spacial score (nSPS) is 10.5. The fourth-order valence-corrected chi connectivity index (χ4v) is 3.23. The summed E-state index contributed by atoms with van der Waals surface area (Å²) in [6, 6.07) is 14.1. The second-order valence-corrected chi connectivity index (χ2v) is 6.82. The number of nitrogens with one attached hydrogen (secondary N) is 2. The first-order valence-corrected chi connectivity index (χ1v) is 8.92. The maximum atomic E-state index is 12.6. The van der Waals surface area contributed by atoms with Crippen LogP contribution in [0, 0.1) is 0 Å². The van der Waals surface area contributed by atoms with Gasteiger partial charge in [0.1, 0.15) is 5.75 Å². The van der Waals surface area contributed by atoms with Crippen LogP contribution in [0.5, 0.6) is 11.5 Å². The highest BCUT2D eigenvalue weighted by Crippen LogP contribution is 2.34. The Hall–Kier alpha value is -2.54. The van der Waals surface area contributed by atoms with E-state index in [0.29, 0.717) is 17.0 Å². The lowest BCUT2D eigenvalue weighted by molar-refractivity contribution is 0.0975. The molecule has 0 saturated heterocycles. The molecule has 0 aliphatic carbocycles. The van der Waals surface area contributed by atoms with E-state index in [2.05, 4.69) is 10.6 Å². The van der Waals surface area contributed by atoms with Crippen LogP contribution in [0.25, 0.3) is 10.8 Å². The summed E-state index contributed by atoms with van der Waals surface area (Å²) in [7, 11) is 1.50. The number of fused-ring (bicyclic) bond motifs is 1. The summed E-state index contributed by atoms with van der Waals surface area (Å²) in [6.07, 6.45) is 0. The van der Waals surface area contributed by atoms with Crippen molar-refractivity contribution in [2.24, 2.45) is 0 Å². The van der Waals surface area contributed by atoms with E-state index >= 15 is 0 Å². The molecule has 0 fully saturated rings. The quantitative estimate of drug-likeness (QED) is 0.411. The minimum Gasteiger partial charge on any atom is -0.505 e. The van der Waals surface area contributed by atoms with Crippen LogP contribution in [0.15, 0.2) is 48.5 Å². The zero-order valence-electron chi connectivity index (χ0n) is 14.0. The van der Waals surface area contributed by atoms with Gasteiger partial charge in [0.2, 0.25) is 0 Å². The molecule has 1 amide bonds. The van der Waals surface area contributed by atoms with Gasteiger partial charge in [-0.25, -0.2) is 0 Å². The Morgan fingerprint density at radius 3 is 2.26 bits per heavy atom. The standard InChI is InChI=1S/C19H14Cl2N2O3S/c1-26-16-7-11-5-3-2-4-10(11)6-13(16)18(25)23-19(27)22-12-8-14(20)17(24)15(21)9-12/h2-9,24H,1H3,(H2,22,23,25,27). The number of phenolic OH excluding ortho intramolecular Hbond substituents is 1. The minimum atomic E-state index is -0.425. The van der Waals surface area contributed by atoms with Crippen molar-refractivity contribution < 1.29 is 14.6 Å². The van der Waals surface area contributed by atoms with Gasteiger partial charge in [-0.3, -0.25) is 10.1 Å². The number of aromatic hydroxyl groups is 1. The average molecular weight is 421 g/mol. The number of anilines is 1. The number of amides is 1. The summed E-state index contributed by atoms with van der Waals surface area (Å²) in [5, 5.41) is 17.0. The van der Waals surface area contributed by atoms with Gasteiger partial charge in [-0.1, -0.05) is 47.5 Å². The van der Waals surface area contributed by atoms with Crippen LogP contribution >= 0.6 is 35.4 Å². The summed E-state index contributed by atoms with van der Waals surface area (Å²) < 4.78 is 5.33. The largest absolute Gasteiger partial charge is 0.505 e. The Morgan fingerprint density at radius 1 is 1.07 bits per heavy atom. The highest BCUT2D eigenvalue weighted by molar-refractivity contribution is 7.80. The molecule has 5 nitrogen and oxygen atoms in total. The van der Waals surface area contributed by atoms with Crippen molar-refractivity contribution in [1.29, 1.82) is 0 Å². The number of benzene rings is 3. The Balaban J connectivity index is 1.80. The van der Waals surface area contributed by atoms with Crippen molar-refractivity contribution in [3.8, 4) is 11.5 Å². The number of carbonyl (C=O) groups excluding carboxylic acids is 1. The molecule has 0 aliphatic rings. The number of hydrogen-bond acceptors (Lipinski definition) is 4. The van der Waals surface area contributed by atoms with E-state index in [0.717, 1.165) is 10.8 Å². The third kappa shape index (κ3) is 4.24. The maximum Gasteiger partial charge on any atom is 0.261 e. The van der Waals surface area contributed by atoms with Crippen LogP contribution in [-0.4, -0.2) is 23.2 Å². The van der Waals surface area contributed by atoms with Gasteiger partial charge in [0.05, 0.1) is 22.7 Å². The Bertz CT molecular complexity index is 1030. The van der Waals surface area contributed by atoms with Crippen LogP contribution in [0.2, 0.25) is 10.0 Å². The number of methoxy groups -OCH3 is 1. The summed E-state index contributed by atoms with van der Waals surface area (Å²) >= 11 is 16.9. The van der Waals surface area contributed by atoms with Crippen molar-refractivity contribution >= 4 is 62.9 Å². The second-order valence-electron chi connectivity index (χ2n) is 5.60. The molecule has 3 aromatic carbocycles. The van der Waals surface area contributed by atoms with E-state index in [4.69, 9.17) is 40.2 Å². The number of ether oxygens (including phenoxy) is 1. The van der Waals surface area contributed by atoms with Gasteiger partial charge in [-0.2, -0.15) is 0 Å². The number of halogens is 2. The molecule has 0 bridgehead atoms. The molecule has 3 aromatic rings. The molecule has 0 radical (unpaired) electrons. The number of thiocarbonyl (C=S) groups is 1. The van der Waals surface area contributed by atoms with E-state index < -0.39 is 5.91 Å². The summed E-state index contributed by atoms with van der Waals surface area (Å²) in [4.78, 5) is 12.6. The highest BCUT2D eigenvalue weighted by Gasteiger charge is 2.15. The van der Waals surface area contributed by atoms with Crippen LogP contribution < -0.4 is 15.4 Å². The van der Waals surface area contributed by atoms with Crippen LogP contribution in [0.4, 0.5) is 5.69 Å². The molecule has 0 aliphatic heterocycles. The third-order valence-corrected chi connectivity index (χ3v) is 4.59. The zero-order valence-corrected chi connectivity index (χ0v) is 16.4. The second kappa shape index (κ2) is 8.00. The molecule has 0 aromatic heterocycles. The van der Waals surface area contributed by atoms with Crippen LogP contribution in [0.1, 0.15) is 10.4 Å². The molecule has 0 atom stereocenters. The van der Waals surface area contributed by atoms with Gasteiger partial charge in [0, 0.05) is 5.69 Å². The fourth-order valence-electron chi connectivity index (χ4n) is 2.54. The SMILES string of the molecule is COc1cc2ccccc2cc1C(=O)NC(=S)Nc1cc(Cl)c(O)c(Cl)c1. The van der Waals surface area contributed by atoms with Gasteiger partial charge in [0.25, 0.3) is 5.91 Å². The topological polar surface area (TPSA) is 70.6 Å². The highest BCUT2D eigenvalue weighted by atomic mass is 35.5. The minimum absolute atomic E-state index is 0.0491. The van der Waals surface area contributed by atoms with E-state index in [1.54, 1.807) is 12.1 Å². The van der Waals surface area contributed by atoms with E-state index in [-0.39, 0.29) is 20.9 Å². The third-order valence-electron chi connectivity index (χ3n) is 3.81.